The van der Waals surface area contributed by atoms with E-state index in [1.165, 1.54) is 33.4 Å². The van der Waals surface area contributed by atoms with E-state index < -0.39 is 0 Å². The van der Waals surface area contributed by atoms with Crippen LogP contribution >= 0.6 is 0 Å². The molecule has 0 radical (unpaired) electrons. The minimum Gasteiger partial charge on any atom is -0.387 e. The smallest absolute Gasteiger partial charge is 0.0964 e. The number of nitrogens with one attached hydrogen (secondary N) is 2. The Morgan fingerprint density at radius 2 is 1.89 bits per heavy atom. The van der Waals surface area contributed by atoms with Gasteiger partial charge in [0, 0.05) is 30.9 Å². The number of benzene rings is 1. The molecule has 1 fully saturated rings. The lowest BCUT2D eigenvalue weighted by Gasteiger charge is -2.35. The number of rotatable bonds is 9. The summed E-state index contributed by atoms with van der Waals surface area (Å²) in [6.07, 6.45) is 12.5. The summed E-state index contributed by atoms with van der Waals surface area (Å²) < 4.78 is 0. The van der Waals surface area contributed by atoms with Crippen molar-refractivity contribution in [1.29, 1.82) is 10.8 Å². The van der Waals surface area contributed by atoms with E-state index in [1.54, 1.807) is 0 Å². The van der Waals surface area contributed by atoms with Gasteiger partial charge in [0.05, 0.1) is 5.84 Å². The number of amidine groups is 1. The van der Waals surface area contributed by atoms with Crippen molar-refractivity contribution in [3.8, 4) is 0 Å². The molecule has 0 spiro atoms. The van der Waals surface area contributed by atoms with Gasteiger partial charge in [0.25, 0.3) is 0 Å². The second-order valence-corrected chi connectivity index (χ2v) is 11.3. The molecule has 37 heavy (non-hydrogen) atoms. The van der Waals surface area contributed by atoms with Crippen LogP contribution in [0.3, 0.4) is 0 Å². The van der Waals surface area contributed by atoms with E-state index in [1.807, 2.05) is 0 Å². The quantitative estimate of drug-likeness (QED) is 0.235. The van der Waals surface area contributed by atoms with E-state index >= 15 is 0 Å². The van der Waals surface area contributed by atoms with E-state index in [4.69, 9.17) is 16.6 Å². The molecule has 0 saturated carbocycles. The first-order valence-corrected chi connectivity index (χ1v) is 14.2. The van der Waals surface area contributed by atoms with E-state index in [9.17, 15) is 0 Å². The zero-order valence-electron chi connectivity index (χ0n) is 23.8. The molecule has 0 amide bonds. The van der Waals surface area contributed by atoms with E-state index in [2.05, 4.69) is 76.4 Å². The first-order chi connectivity index (χ1) is 17.6. The lowest BCUT2D eigenvalue weighted by Crippen LogP contribution is -2.33. The van der Waals surface area contributed by atoms with Gasteiger partial charge in [0.1, 0.15) is 0 Å². The summed E-state index contributed by atoms with van der Waals surface area (Å²) in [7, 11) is 0. The highest BCUT2D eigenvalue weighted by molar-refractivity contribution is 5.98. The maximum atomic E-state index is 8.43. The molecule has 1 aliphatic carbocycles. The molecule has 0 aromatic heterocycles. The van der Waals surface area contributed by atoms with Crippen LogP contribution in [0.1, 0.15) is 102 Å². The Morgan fingerprint density at radius 3 is 2.51 bits per heavy atom. The predicted octanol–water partition coefficient (Wildman–Crippen LogP) is 8.30. The van der Waals surface area contributed by atoms with Crippen molar-refractivity contribution in [2.24, 2.45) is 11.7 Å². The van der Waals surface area contributed by atoms with Crippen molar-refractivity contribution < 1.29 is 0 Å². The molecule has 1 aromatic carbocycles. The Bertz CT molecular complexity index is 1110. The van der Waals surface area contributed by atoms with Gasteiger partial charge in [0.15, 0.2) is 0 Å². The van der Waals surface area contributed by atoms with Crippen LogP contribution < -0.4 is 5.73 Å². The molecule has 3 rings (SSSR count). The standard InChI is InChI=1S/C33H48N4/c1-7-10-29(28-11-8-9-12-31(34)24(5)19-28)33(22(2)3)30-21-27(14-13-23(30)4)26-15-17-37(18-16-26)25(6)20-32(35)36/h11,13-14,19,21-22,26,34H,6-10,12,15-18,20H2,1-5H3,(H3,35,36)/b24-19-,28-11+,33-29+,34-31?. The maximum Gasteiger partial charge on any atom is 0.0964 e. The fourth-order valence-corrected chi connectivity index (χ4v) is 5.87. The predicted molar refractivity (Wildman–Crippen MR) is 160 cm³/mol. The number of aryl methyl sites for hydroxylation is 1. The molecule has 200 valence electrons. The molecule has 0 unspecified atom stereocenters. The van der Waals surface area contributed by atoms with Crippen LogP contribution in [-0.2, 0) is 0 Å². The Labute approximate surface area is 225 Å². The summed E-state index contributed by atoms with van der Waals surface area (Å²) in [5.41, 5.74) is 16.9. The molecule has 1 saturated heterocycles. The Hall–Kier alpha value is -2.88. The number of likely N-dealkylation sites (tertiary alicyclic amines) is 1. The molecule has 1 aliphatic heterocycles. The molecule has 2 aliphatic rings. The van der Waals surface area contributed by atoms with Crippen LogP contribution in [0.2, 0.25) is 0 Å². The molecule has 0 bridgehead atoms. The summed E-state index contributed by atoms with van der Waals surface area (Å²) in [4.78, 5) is 2.30. The second kappa shape index (κ2) is 13.1. The zero-order chi connectivity index (χ0) is 27.1. The Morgan fingerprint density at radius 1 is 1.19 bits per heavy atom. The first-order valence-electron chi connectivity index (χ1n) is 14.2. The van der Waals surface area contributed by atoms with Gasteiger partial charge in [-0.25, -0.2) is 0 Å². The van der Waals surface area contributed by atoms with Gasteiger partial charge in [-0.15, -0.1) is 0 Å². The second-order valence-electron chi connectivity index (χ2n) is 11.3. The van der Waals surface area contributed by atoms with E-state index in [0.29, 0.717) is 18.3 Å². The minimum absolute atomic E-state index is 0.187. The topological polar surface area (TPSA) is 77.0 Å². The highest BCUT2D eigenvalue weighted by atomic mass is 15.1. The van der Waals surface area contributed by atoms with Crippen molar-refractivity contribution in [3.63, 3.8) is 0 Å². The van der Waals surface area contributed by atoms with E-state index in [0.717, 1.165) is 75.0 Å². The van der Waals surface area contributed by atoms with Crippen molar-refractivity contribution >= 4 is 17.1 Å². The fraction of sp³-hybridized carbons (Fsp3) is 0.515. The molecule has 0 atom stereocenters. The summed E-state index contributed by atoms with van der Waals surface area (Å²) in [5.74, 6) is 1.13. The summed E-state index contributed by atoms with van der Waals surface area (Å²) >= 11 is 0. The molecular formula is C33H48N4. The van der Waals surface area contributed by atoms with Crippen LogP contribution in [0.5, 0.6) is 0 Å². The highest BCUT2D eigenvalue weighted by Gasteiger charge is 2.24. The molecule has 1 heterocycles. The average Bonchev–Trinajstić information content (AvgIpc) is 2.85. The molecule has 4 N–H and O–H groups in total. The molecule has 1 aromatic rings. The first kappa shape index (κ1) is 28.7. The summed E-state index contributed by atoms with van der Waals surface area (Å²) in [5, 5.41) is 16.0. The van der Waals surface area contributed by atoms with Crippen LogP contribution in [0.25, 0.3) is 5.57 Å². The van der Waals surface area contributed by atoms with E-state index in [-0.39, 0.29) is 5.84 Å². The molecule has 4 nitrogen and oxygen atoms in total. The van der Waals surface area contributed by atoms with Crippen molar-refractivity contribution in [2.75, 3.05) is 13.1 Å². The highest BCUT2D eigenvalue weighted by Crippen LogP contribution is 2.39. The fourth-order valence-electron chi connectivity index (χ4n) is 5.87. The van der Waals surface area contributed by atoms with Crippen LogP contribution in [-0.4, -0.2) is 29.5 Å². The van der Waals surface area contributed by atoms with Crippen LogP contribution in [0.15, 0.2) is 59.3 Å². The SMILES string of the molecule is C=C(CC(=N)N)N1CCC(c2ccc(C)c(/C(=C(CCC)/C3=C/CCCC(=N)/C(C)=C\3)C(C)C)c2)CC1. The molecule has 4 heteroatoms. The Kier molecular flexibility index (Phi) is 10.1. The van der Waals surface area contributed by atoms with Gasteiger partial charge in [-0.1, -0.05) is 64.1 Å². The third-order valence-electron chi connectivity index (χ3n) is 7.95. The third-order valence-corrected chi connectivity index (χ3v) is 7.95. The number of hydrogen-bond donors (Lipinski definition) is 3. The van der Waals surface area contributed by atoms with Crippen LogP contribution in [0.4, 0.5) is 0 Å². The largest absolute Gasteiger partial charge is 0.387 e. The number of hydrogen-bond acceptors (Lipinski definition) is 3. The number of allylic oxidation sites excluding steroid dienone is 6. The van der Waals surface area contributed by atoms with Crippen molar-refractivity contribution in [3.05, 3.63) is 76.0 Å². The van der Waals surface area contributed by atoms with Gasteiger partial charge in [0.2, 0.25) is 0 Å². The third kappa shape index (κ3) is 7.34. The number of nitrogens with two attached hydrogens (primary N) is 1. The molecular weight excluding hydrogens is 452 g/mol. The lowest BCUT2D eigenvalue weighted by atomic mass is 9.80. The average molecular weight is 501 g/mol. The summed E-state index contributed by atoms with van der Waals surface area (Å²) in [6.45, 7) is 17.4. The number of nitrogens with zero attached hydrogens (tertiary/aromatic N) is 1. The Balaban J connectivity index is 1.99. The lowest BCUT2D eigenvalue weighted by molar-refractivity contribution is 0.261. The van der Waals surface area contributed by atoms with Crippen molar-refractivity contribution in [2.45, 2.75) is 91.9 Å². The van der Waals surface area contributed by atoms with Gasteiger partial charge in [-0.05, 0) is 103 Å². The minimum atomic E-state index is 0.187. The van der Waals surface area contributed by atoms with Gasteiger partial charge >= 0.3 is 0 Å². The number of piperidine rings is 1. The zero-order valence-corrected chi connectivity index (χ0v) is 23.8. The summed E-state index contributed by atoms with van der Waals surface area (Å²) in [6, 6.07) is 7.13. The van der Waals surface area contributed by atoms with Crippen LogP contribution in [0, 0.1) is 23.7 Å². The van der Waals surface area contributed by atoms with Gasteiger partial charge in [-0.3, -0.25) is 5.41 Å². The van der Waals surface area contributed by atoms with Gasteiger partial charge < -0.3 is 16.0 Å². The monoisotopic (exact) mass is 500 g/mol. The normalized spacial score (nSPS) is 20.9. The van der Waals surface area contributed by atoms with Crippen molar-refractivity contribution in [1.82, 2.24) is 4.90 Å². The maximum absolute atomic E-state index is 8.43. The van der Waals surface area contributed by atoms with Gasteiger partial charge in [-0.2, -0.15) is 0 Å².